The number of nitrogens with zero attached hydrogens (tertiary/aromatic N) is 5. The predicted molar refractivity (Wildman–Crippen MR) is 127 cm³/mol. The summed E-state index contributed by atoms with van der Waals surface area (Å²) in [6.45, 7) is 3.33. The van der Waals surface area contributed by atoms with Gasteiger partial charge < -0.3 is 9.88 Å². The van der Waals surface area contributed by atoms with Gasteiger partial charge in [-0.05, 0) is 42.8 Å². The van der Waals surface area contributed by atoms with Crippen LogP contribution in [0.1, 0.15) is 12.5 Å². The second kappa shape index (κ2) is 8.84. The number of nitrogens with one attached hydrogen (secondary N) is 1. The molecule has 0 saturated carbocycles. The van der Waals surface area contributed by atoms with Gasteiger partial charge in [0.15, 0.2) is 5.16 Å². The van der Waals surface area contributed by atoms with E-state index in [-0.39, 0.29) is 5.91 Å². The lowest BCUT2D eigenvalue weighted by Gasteiger charge is -2.08. The summed E-state index contributed by atoms with van der Waals surface area (Å²) in [6, 6.07) is 19.9. The summed E-state index contributed by atoms with van der Waals surface area (Å²) in [7, 11) is 0. The summed E-state index contributed by atoms with van der Waals surface area (Å²) in [5, 5.41) is 3.83. The number of hydrogen-bond acceptors (Lipinski definition) is 5. The Bertz CT molecular complexity index is 1390. The highest BCUT2D eigenvalue weighted by Crippen LogP contribution is 2.24. The summed E-state index contributed by atoms with van der Waals surface area (Å²) in [5.41, 5.74) is 4.93. The van der Waals surface area contributed by atoms with Gasteiger partial charge in [0.25, 0.3) is 0 Å². The normalized spacial score (nSPS) is 11.3. The zero-order chi connectivity index (χ0) is 21.9. The van der Waals surface area contributed by atoms with Crippen molar-refractivity contribution >= 4 is 39.7 Å². The minimum Gasteiger partial charge on any atom is -0.351 e. The molecule has 0 fully saturated rings. The molecule has 0 spiro atoms. The van der Waals surface area contributed by atoms with Crippen molar-refractivity contribution in [3.05, 3.63) is 78.8 Å². The molecule has 0 unspecified atom stereocenters. The molecule has 5 rings (SSSR count). The van der Waals surface area contributed by atoms with Crippen molar-refractivity contribution in [2.75, 3.05) is 5.75 Å². The van der Waals surface area contributed by atoms with Crippen LogP contribution in [0, 0.1) is 0 Å². The Morgan fingerprint density at radius 3 is 2.53 bits per heavy atom. The third kappa shape index (κ3) is 3.97. The van der Waals surface area contributed by atoms with Crippen LogP contribution < -0.4 is 5.32 Å². The van der Waals surface area contributed by atoms with Crippen LogP contribution in [0.2, 0.25) is 0 Å². The van der Waals surface area contributed by atoms with E-state index in [1.165, 1.54) is 11.8 Å². The number of para-hydroxylation sites is 4. The summed E-state index contributed by atoms with van der Waals surface area (Å²) in [6.07, 6.45) is 3.56. The quantitative estimate of drug-likeness (QED) is 0.382. The van der Waals surface area contributed by atoms with Crippen LogP contribution in [0.4, 0.5) is 0 Å². The fraction of sp³-hybridized carbons (Fsp3) is 0.167. The van der Waals surface area contributed by atoms with Crippen LogP contribution in [0.25, 0.3) is 27.9 Å². The zero-order valence-electron chi connectivity index (χ0n) is 17.6. The monoisotopic (exact) mass is 442 g/mol. The lowest BCUT2D eigenvalue weighted by molar-refractivity contribution is -0.118. The molecule has 0 bridgehead atoms. The first-order valence-corrected chi connectivity index (χ1v) is 11.4. The molecule has 0 aliphatic rings. The van der Waals surface area contributed by atoms with Gasteiger partial charge in [0.1, 0.15) is 12.1 Å². The number of fused-ring (bicyclic) bond motifs is 2. The van der Waals surface area contributed by atoms with Gasteiger partial charge in [0.05, 0.1) is 27.8 Å². The molecule has 8 heteroatoms. The molecule has 1 amide bonds. The average Bonchev–Trinajstić information content (AvgIpc) is 3.43. The van der Waals surface area contributed by atoms with E-state index in [1.54, 1.807) is 12.5 Å². The number of thioether (sulfide) groups is 1. The van der Waals surface area contributed by atoms with Crippen molar-refractivity contribution in [3.63, 3.8) is 0 Å². The molecule has 0 atom stereocenters. The van der Waals surface area contributed by atoms with Crippen molar-refractivity contribution in [3.8, 4) is 5.82 Å². The molecule has 0 aliphatic heterocycles. The van der Waals surface area contributed by atoms with Gasteiger partial charge in [0.2, 0.25) is 5.91 Å². The first kappa shape index (κ1) is 20.3. The standard InChI is InChI=1S/C24H22N6OS/c1-2-29-21-10-6-4-8-19(21)28-24(29)32-15-23(31)26-14-17-11-12-22(25-13-17)30-16-27-18-7-3-5-9-20(18)30/h3-13,16H,2,14-15H2,1H3,(H,26,31). The second-order valence-electron chi connectivity index (χ2n) is 7.32. The van der Waals surface area contributed by atoms with Gasteiger partial charge in [0, 0.05) is 19.3 Å². The number of pyridine rings is 1. The lowest BCUT2D eigenvalue weighted by Crippen LogP contribution is -2.24. The number of imidazole rings is 2. The average molecular weight is 443 g/mol. The predicted octanol–water partition coefficient (Wildman–Crippen LogP) is 4.20. The van der Waals surface area contributed by atoms with Crippen LogP contribution in [-0.2, 0) is 17.9 Å². The molecule has 3 aromatic heterocycles. The topological polar surface area (TPSA) is 77.6 Å². The molecular weight excluding hydrogens is 420 g/mol. The van der Waals surface area contributed by atoms with Gasteiger partial charge >= 0.3 is 0 Å². The van der Waals surface area contributed by atoms with Crippen LogP contribution in [0.3, 0.4) is 0 Å². The molecular formula is C24H22N6OS. The van der Waals surface area contributed by atoms with Crippen molar-refractivity contribution in [2.45, 2.75) is 25.2 Å². The Labute approximate surface area is 189 Å². The Balaban J connectivity index is 1.19. The van der Waals surface area contributed by atoms with Crippen molar-refractivity contribution in [2.24, 2.45) is 0 Å². The minimum atomic E-state index is -0.0330. The third-order valence-electron chi connectivity index (χ3n) is 5.27. The van der Waals surface area contributed by atoms with E-state index in [2.05, 4.69) is 37.8 Å². The Hall–Kier alpha value is -3.65. The van der Waals surface area contributed by atoms with Crippen molar-refractivity contribution < 1.29 is 4.79 Å². The Morgan fingerprint density at radius 1 is 0.969 bits per heavy atom. The molecule has 32 heavy (non-hydrogen) atoms. The molecule has 0 radical (unpaired) electrons. The third-order valence-corrected chi connectivity index (χ3v) is 6.24. The largest absolute Gasteiger partial charge is 0.351 e. The molecule has 1 N–H and O–H groups in total. The summed E-state index contributed by atoms with van der Waals surface area (Å²) < 4.78 is 4.09. The van der Waals surface area contributed by atoms with E-state index >= 15 is 0 Å². The number of carbonyl (C=O) groups excluding carboxylic acids is 1. The number of aryl methyl sites for hydroxylation is 1. The second-order valence-corrected chi connectivity index (χ2v) is 8.26. The summed E-state index contributed by atoms with van der Waals surface area (Å²) in [5.74, 6) is 1.08. The molecule has 5 aromatic rings. The summed E-state index contributed by atoms with van der Waals surface area (Å²) >= 11 is 1.46. The highest BCUT2D eigenvalue weighted by molar-refractivity contribution is 7.99. The number of hydrogen-bond donors (Lipinski definition) is 1. The number of rotatable bonds is 7. The SMILES string of the molecule is CCn1c(SCC(=O)NCc2ccc(-n3cnc4ccccc43)nc2)nc2ccccc21. The molecule has 3 heterocycles. The van der Waals surface area contributed by atoms with Gasteiger partial charge in [-0.2, -0.15) is 0 Å². The fourth-order valence-corrected chi connectivity index (χ4v) is 4.56. The van der Waals surface area contributed by atoms with E-state index < -0.39 is 0 Å². The van der Waals surface area contributed by atoms with Gasteiger partial charge in [-0.15, -0.1) is 0 Å². The van der Waals surface area contributed by atoms with Gasteiger partial charge in [-0.1, -0.05) is 42.1 Å². The number of amides is 1. The fourth-order valence-electron chi connectivity index (χ4n) is 3.66. The van der Waals surface area contributed by atoms with Crippen LogP contribution in [0.15, 0.2) is 78.3 Å². The van der Waals surface area contributed by atoms with E-state index in [4.69, 9.17) is 0 Å². The van der Waals surface area contributed by atoms with Gasteiger partial charge in [-0.25, -0.2) is 15.0 Å². The lowest BCUT2D eigenvalue weighted by atomic mass is 10.2. The smallest absolute Gasteiger partial charge is 0.230 e. The zero-order valence-corrected chi connectivity index (χ0v) is 18.4. The van der Waals surface area contributed by atoms with Crippen LogP contribution in [0.5, 0.6) is 0 Å². The highest BCUT2D eigenvalue weighted by atomic mass is 32.2. The summed E-state index contributed by atoms with van der Waals surface area (Å²) in [4.78, 5) is 26.0. The number of carbonyl (C=O) groups is 1. The van der Waals surface area contributed by atoms with E-state index in [0.717, 1.165) is 45.1 Å². The Morgan fingerprint density at radius 2 is 1.75 bits per heavy atom. The maximum Gasteiger partial charge on any atom is 0.230 e. The maximum atomic E-state index is 12.4. The Kier molecular flexibility index (Phi) is 5.60. The number of benzene rings is 2. The van der Waals surface area contributed by atoms with Crippen LogP contribution in [-0.4, -0.2) is 35.7 Å². The first-order valence-electron chi connectivity index (χ1n) is 10.4. The molecule has 0 saturated heterocycles. The molecule has 2 aromatic carbocycles. The maximum absolute atomic E-state index is 12.4. The van der Waals surface area contributed by atoms with Gasteiger partial charge in [-0.3, -0.25) is 9.36 Å². The molecule has 0 aliphatic carbocycles. The van der Waals surface area contributed by atoms with Crippen molar-refractivity contribution in [1.82, 2.24) is 29.4 Å². The minimum absolute atomic E-state index is 0.0330. The highest BCUT2D eigenvalue weighted by Gasteiger charge is 2.12. The first-order chi connectivity index (χ1) is 15.7. The molecule has 7 nitrogen and oxygen atoms in total. The number of aromatic nitrogens is 5. The van der Waals surface area contributed by atoms with Crippen LogP contribution >= 0.6 is 11.8 Å². The van der Waals surface area contributed by atoms with E-state index in [9.17, 15) is 4.79 Å². The van der Waals surface area contributed by atoms with Crippen molar-refractivity contribution in [1.29, 1.82) is 0 Å². The van der Waals surface area contributed by atoms with E-state index in [1.807, 2.05) is 59.2 Å². The van der Waals surface area contributed by atoms with E-state index in [0.29, 0.717) is 12.3 Å². The molecule has 160 valence electrons.